The molecular formula is C42H34N4O2S2Zn. The van der Waals surface area contributed by atoms with Crippen LogP contribution in [0.25, 0.3) is 63.8 Å². The summed E-state index contributed by atoms with van der Waals surface area (Å²) in [5.41, 5.74) is 9.72. The van der Waals surface area contributed by atoms with Gasteiger partial charge in [0.05, 0.1) is 20.4 Å². The van der Waals surface area contributed by atoms with Crippen LogP contribution in [0.5, 0.6) is 11.5 Å². The third-order valence-corrected chi connectivity index (χ3v) is 10.6. The Bertz CT molecular complexity index is 2180. The molecular weight excluding hydrogens is 722 g/mol. The normalized spacial score (nSPS) is 10.7. The number of fused-ring (bicyclic) bond motifs is 2. The van der Waals surface area contributed by atoms with E-state index in [0.717, 1.165) is 64.1 Å². The van der Waals surface area contributed by atoms with Gasteiger partial charge in [0.15, 0.2) is 0 Å². The van der Waals surface area contributed by atoms with Crippen molar-refractivity contribution in [1.82, 2.24) is 9.97 Å². The number of para-hydroxylation sites is 2. The van der Waals surface area contributed by atoms with E-state index in [4.69, 9.17) is 0 Å². The third-order valence-electron chi connectivity index (χ3n) is 8.44. The first-order valence-electron chi connectivity index (χ1n) is 16.1. The second kappa shape index (κ2) is 15.4. The number of thiazole rings is 2. The Morgan fingerprint density at radius 3 is 1.16 bits per heavy atom. The average molecular weight is 756 g/mol. The smallest absolute Gasteiger partial charge is 0.872 e. The van der Waals surface area contributed by atoms with Gasteiger partial charge in [-0.3, -0.25) is 0 Å². The Hall–Kier alpha value is -5.08. The fraction of sp³-hybridized carbons (Fsp3) is 0.0952. The quantitative estimate of drug-likeness (QED) is 0.157. The molecule has 0 bridgehead atoms. The van der Waals surface area contributed by atoms with Gasteiger partial charge in [-0.25, -0.2) is 9.97 Å². The van der Waals surface area contributed by atoms with E-state index in [9.17, 15) is 10.2 Å². The molecule has 0 saturated carbocycles. The number of nitrogens with zero attached hydrogens (tertiary/aromatic N) is 4. The molecule has 0 N–H and O–H groups in total. The van der Waals surface area contributed by atoms with Gasteiger partial charge < -0.3 is 20.0 Å². The SMILES string of the molecule is CN(C)c1ccc(-c2ccc([O-])c(-c3nc4ccccc4s3)c2)cc1.CN(C)c1ccc(-c2ccc([O-])c(-c3nc4ccccc4s3)c2)cc1.[Zn+2]. The minimum Gasteiger partial charge on any atom is -0.872 e. The first-order chi connectivity index (χ1) is 24.2. The molecule has 248 valence electrons. The molecule has 0 radical (unpaired) electrons. The summed E-state index contributed by atoms with van der Waals surface area (Å²) >= 11 is 3.11. The third kappa shape index (κ3) is 7.81. The second-order valence-corrected chi connectivity index (χ2v) is 14.3. The summed E-state index contributed by atoms with van der Waals surface area (Å²) in [5, 5.41) is 26.3. The summed E-state index contributed by atoms with van der Waals surface area (Å²) in [6.45, 7) is 0. The van der Waals surface area contributed by atoms with Crippen LogP contribution in [0.3, 0.4) is 0 Å². The molecule has 0 saturated heterocycles. The van der Waals surface area contributed by atoms with Gasteiger partial charge in [-0.05, 0) is 82.9 Å². The molecule has 8 rings (SSSR count). The summed E-state index contributed by atoms with van der Waals surface area (Å²) in [7, 11) is 8.08. The van der Waals surface area contributed by atoms with E-state index in [1.54, 1.807) is 34.8 Å². The van der Waals surface area contributed by atoms with E-state index in [0.29, 0.717) is 11.1 Å². The zero-order valence-corrected chi connectivity index (χ0v) is 33.4. The number of aromatic nitrogens is 2. The molecule has 0 atom stereocenters. The maximum atomic E-state index is 12.4. The fourth-order valence-corrected chi connectivity index (χ4v) is 7.61. The van der Waals surface area contributed by atoms with Crippen LogP contribution in [0.4, 0.5) is 11.4 Å². The van der Waals surface area contributed by atoms with Crippen LogP contribution in [0, 0.1) is 0 Å². The van der Waals surface area contributed by atoms with Gasteiger partial charge in [-0.2, -0.15) is 0 Å². The van der Waals surface area contributed by atoms with Crippen molar-refractivity contribution >= 4 is 54.5 Å². The molecule has 0 unspecified atom stereocenters. The Kier molecular flexibility index (Phi) is 10.8. The van der Waals surface area contributed by atoms with Gasteiger partial charge in [0.1, 0.15) is 10.0 Å². The van der Waals surface area contributed by atoms with Crippen molar-refractivity contribution in [2.45, 2.75) is 0 Å². The van der Waals surface area contributed by atoms with Crippen LogP contribution in [0.2, 0.25) is 0 Å². The maximum absolute atomic E-state index is 12.4. The number of hydrogen-bond acceptors (Lipinski definition) is 8. The van der Waals surface area contributed by atoms with Crippen LogP contribution < -0.4 is 20.0 Å². The molecule has 9 heteroatoms. The predicted octanol–water partition coefficient (Wildman–Crippen LogP) is 9.54. The van der Waals surface area contributed by atoms with Crippen molar-refractivity contribution in [3.8, 4) is 54.9 Å². The first-order valence-corrected chi connectivity index (χ1v) is 17.8. The summed E-state index contributed by atoms with van der Waals surface area (Å²) < 4.78 is 2.19. The zero-order valence-electron chi connectivity index (χ0n) is 28.8. The number of benzene rings is 6. The van der Waals surface area contributed by atoms with Gasteiger partial charge in [-0.1, -0.05) is 84.3 Å². The Morgan fingerprint density at radius 1 is 0.451 bits per heavy atom. The number of anilines is 2. The van der Waals surface area contributed by atoms with E-state index < -0.39 is 0 Å². The Balaban J connectivity index is 0.000000172. The predicted molar refractivity (Wildman–Crippen MR) is 209 cm³/mol. The van der Waals surface area contributed by atoms with Crippen molar-refractivity contribution < 1.29 is 29.7 Å². The first kappa shape index (κ1) is 35.7. The minimum absolute atomic E-state index is 0. The molecule has 0 aliphatic rings. The molecule has 2 aromatic heterocycles. The van der Waals surface area contributed by atoms with Crippen LogP contribution >= 0.6 is 22.7 Å². The van der Waals surface area contributed by atoms with E-state index in [1.807, 2.05) is 101 Å². The minimum atomic E-state index is 0. The Morgan fingerprint density at radius 2 is 0.804 bits per heavy atom. The van der Waals surface area contributed by atoms with Gasteiger partial charge in [-0.15, -0.1) is 22.7 Å². The fourth-order valence-electron chi connectivity index (χ4n) is 5.63. The maximum Gasteiger partial charge on any atom is 2.00 e. The van der Waals surface area contributed by atoms with Crippen molar-refractivity contribution in [3.05, 3.63) is 133 Å². The van der Waals surface area contributed by atoms with Crippen molar-refractivity contribution in [1.29, 1.82) is 0 Å². The van der Waals surface area contributed by atoms with Gasteiger partial charge in [0.2, 0.25) is 0 Å². The van der Waals surface area contributed by atoms with E-state index in [1.165, 1.54) is 0 Å². The van der Waals surface area contributed by atoms with Crippen molar-refractivity contribution in [2.24, 2.45) is 0 Å². The van der Waals surface area contributed by atoms with Gasteiger partial charge >= 0.3 is 19.5 Å². The summed E-state index contributed by atoms with van der Waals surface area (Å²) in [4.78, 5) is 13.4. The van der Waals surface area contributed by atoms with Crippen LogP contribution in [-0.2, 0) is 19.5 Å². The molecule has 0 fully saturated rings. The summed E-state index contributed by atoms with van der Waals surface area (Å²) in [6.07, 6.45) is 0. The van der Waals surface area contributed by atoms with E-state index in [2.05, 4.69) is 68.3 Å². The average Bonchev–Trinajstić information content (AvgIpc) is 3.77. The molecule has 51 heavy (non-hydrogen) atoms. The second-order valence-electron chi connectivity index (χ2n) is 12.3. The molecule has 6 nitrogen and oxygen atoms in total. The molecule has 0 spiro atoms. The van der Waals surface area contributed by atoms with Crippen LogP contribution in [0.1, 0.15) is 0 Å². The summed E-state index contributed by atoms with van der Waals surface area (Å²) in [5.74, 6) is 0.0143. The van der Waals surface area contributed by atoms with E-state index >= 15 is 0 Å². The van der Waals surface area contributed by atoms with Crippen molar-refractivity contribution in [2.75, 3.05) is 38.0 Å². The van der Waals surface area contributed by atoms with Gasteiger partial charge in [0, 0.05) is 50.7 Å². The topological polar surface area (TPSA) is 78.4 Å². The van der Waals surface area contributed by atoms with Crippen molar-refractivity contribution in [3.63, 3.8) is 0 Å². The standard InChI is InChI=1S/2C21H18N2OS.Zn/c2*1-23(2)16-10-7-14(8-11-16)15-9-12-19(24)17(13-15)21-22-18-5-3-4-6-20(18)25-21;/h2*3-13,24H,1-2H3;/q;;+2/p-2. The van der Waals surface area contributed by atoms with Crippen LogP contribution in [0.15, 0.2) is 133 Å². The Labute approximate surface area is 318 Å². The number of rotatable bonds is 6. The van der Waals surface area contributed by atoms with Gasteiger partial charge in [0.25, 0.3) is 0 Å². The molecule has 0 aliphatic heterocycles. The largest absolute Gasteiger partial charge is 2.00 e. The molecule has 6 aromatic carbocycles. The monoisotopic (exact) mass is 754 g/mol. The summed E-state index contributed by atoms with van der Waals surface area (Å²) in [6, 6.07) is 43.5. The molecule has 0 aliphatic carbocycles. The molecule has 0 amide bonds. The zero-order chi connectivity index (χ0) is 34.8. The number of hydrogen-bond donors (Lipinski definition) is 0. The van der Waals surface area contributed by atoms with E-state index in [-0.39, 0.29) is 31.0 Å². The molecule has 2 heterocycles. The molecule has 8 aromatic rings. The van der Waals surface area contributed by atoms with Crippen LogP contribution in [-0.4, -0.2) is 38.2 Å².